The third kappa shape index (κ3) is 6.07. The van der Waals surface area contributed by atoms with Gasteiger partial charge in [0.1, 0.15) is 6.54 Å². The monoisotopic (exact) mass is 514 g/mol. The van der Waals surface area contributed by atoms with E-state index in [2.05, 4.69) is 27.3 Å². The third-order valence-corrected chi connectivity index (χ3v) is 5.51. The normalized spacial score (nSPS) is 17.2. The number of halogens is 1. The molecule has 0 radical (unpaired) electrons. The predicted octanol–water partition coefficient (Wildman–Crippen LogP) is 2.04. The van der Waals surface area contributed by atoms with Crippen LogP contribution in [0.1, 0.15) is 30.9 Å². The van der Waals surface area contributed by atoms with Crippen LogP contribution in [0, 0.1) is 5.92 Å². The average Bonchev–Trinajstić information content (AvgIpc) is 2.75. The van der Waals surface area contributed by atoms with Gasteiger partial charge in [0.2, 0.25) is 5.91 Å². The van der Waals surface area contributed by atoms with Crippen LogP contribution < -0.4 is 5.32 Å². The maximum absolute atomic E-state index is 12.7. The molecule has 7 nitrogen and oxygen atoms in total. The minimum absolute atomic E-state index is 0. The van der Waals surface area contributed by atoms with Gasteiger partial charge in [-0.05, 0) is 37.3 Å². The summed E-state index contributed by atoms with van der Waals surface area (Å²) in [6.45, 7) is 5.76. The molecule has 2 aliphatic heterocycles. The first kappa shape index (κ1) is 23.4. The third-order valence-electron chi connectivity index (χ3n) is 5.51. The Morgan fingerprint density at radius 3 is 2.48 bits per heavy atom. The molecule has 0 spiro atoms. The molecule has 1 fully saturated rings. The van der Waals surface area contributed by atoms with Crippen molar-refractivity contribution in [2.75, 3.05) is 39.8 Å². The van der Waals surface area contributed by atoms with Gasteiger partial charge >= 0.3 is 5.97 Å². The summed E-state index contributed by atoms with van der Waals surface area (Å²) in [6.07, 6.45) is 2.38. The van der Waals surface area contributed by atoms with Crippen LogP contribution in [-0.2, 0) is 27.3 Å². The summed E-state index contributed by atoms with van der Waals surface area (Å²) < 4.78 is 4.85. The first-order valence-electron chi connectivity index (χ1n) is 10.1. The van der Waals surface area contributed by atoms with E-state index in [9.17, 15) is 9.59 Å². The molecule has 29 heavy (non-hydrogen) atoms. The number of ether oxygens (including phenoxy) is 1. The van der Waals surface area contributed by atoms with Crippen molar-refractivity contribution < 1.29 is 14.3 Å². The predicted molar refractivity (Wildman–Crippen MR) is 123 cm³/mol. The quantitative estimate of drug-likeness (QED) is 0.288. The molecule has 2 heterocycles. The molecule has 160 valence electrons. The van der Waals surface area contributed by atoms with Gasteiger partial charge in [-0.2, -0.15) is 0 Å². The first-order valence-corrected chi connectivity index (χ1v) is 10.1. The molecule has 3 rings (SSSR count). The van der Waals surface area contributed by atoms with E-state index in [0.717, 1.165) is 51.4 Å². The number of rotatable bonds is 4. The molecule has 8 heteroatoms. The minimum atomic E-state index is -0.137. The summed E-state index contributed by atoms with van der Waals surface area (Å²) in [6, 6.07) is 8.29. The highest BCUT2D eigenvalue weighted by Crippen LogP contribution is 2.20. The number of piperidine rings is 1. The lowest BCUT2D eigenvalue weighted by Crippen LogP contribution is -2.47. The number of nitrogens with zero attached hydrogens (tertiary/aromatic N) is 3. The Morgan fingerprint density at radius 2 is 1.83 bits per heavy atom. The SMILES string of the molecule is CCNC(=NCC(=O)N1CCc2ccccc2C1)N1CCC(C(=O)OC)CC1.I. The van der Waals surface area contributed by atoms with E-state index >= 15 is 0 Å². The number of carbonyl (C=O) groups is 2. The number of nitrogens with one attached hydrogen (secondary N) is 1. The summed E-state index contributed by atoms with van der Waals surface area (Å²) in [7, 11) is 1.44. The van der Waals surface area contributed by atoms with Crippen molar-refractivity contribution in [1.29, 1.82) is 0 Å². The fourth-order valence-corrected chi connectivity index (χ4v) is 3.87. The van der Waals surface area contributed by atoms with Crippen LogP contribution in [-0.4, -0.2) is 67.5 Å². The number of amides is 1. The molecule has 1 amide bonds. The van der Waals surface area contributed by atoms with Crippen LogP contribution in [0.2, 0.25) is 0 Å². The smallest absolute Gasteiger partial charge is 0.308 e. The number of hydrogen-bond acceptors (Lipinski definition) is 4. The number of likely N-dealkylation sites (tertiary alicyclic amines) is 1. The number of esters is 1. The van der Waals surface area contributed by atoms with Gasteiger partial charge in [-0.25, -0.2) is 4.99 Å². The average molecular weight is 514 g/mol. The Hall–Kier alpha value is -1.84. The largest absolute Gasteiger partial charge is 0.469 e. The van der Waals surface area contributed by atoms with Crippen LogP contribution in [0.5, 0.6) is 0 Å². The second kappa shape index (κ2) is 11.4. The van der Waals surface area contributed by atoms with E-state index in [1.54, 1.807) is 0 Å². The molecule has 1 saturated heterocycles. The van der Waals surface area contributed by atoms with E-state index in [0.29, 0.717) is 6.54 Å². The van der Waals surface area contributed by atoms with E-state index in [1.165, 1.54) is 18.2 Å². The Morgan fingerprint density at radius 1 is 1.14 bits per heavy atom. The van der Waals surface area contributed by atoms with Gasteiger partial charge in [0, 0.05) is 32.7 Å². The lowest BCUT2D eigenvalue weighted by molar-refractivity contribution is -0.146. The van der Waals surface area contributed by atoms with Crippen molar-refractivity contribution in [3.63, 3.8) is 0 Å². The number of aliphatic imine (C=N–C) groups is 1. The summed E-state index contributed by atoms with van der Waals surface area (Å²) in [5.41, 5.74) is 2.56. The Labute approximate surface area is 189 Å². The number of guanidine groups is 1. The highest BCUT2D eigenvalue weighted by molar-refractivity contribution is 14.0. The molecular weight excluding hydrogens is 483 g/mol. The van der Waals surface area contributed by atoms with Gasteiger partial charge < -0.3 is 19.9 Å². The summed E-state index contributed by atoms with van der Waals surface area (Å²) in [4.78, 5) is 33.0. The van der Waals surface area contributed by atoms with Gasteiger partial charge in [-0.15, -0.1) is 24.0 Å². The zero-order valence-corrected chi connectivity index (χ0v) is 19.6. The number of fused-ring (bicyclic) bond motifs is 1. The van der Waals surface area contributed by atoms with Crippen molar-refractivity contribution in [2.24, 2.45) is 10.9 Å². The van der Waals surface area contributed by atoms with E-state index in [-0.39, 0.29) is 48.3 Å². The van der Waals surface area contributed by atoms with Crippen molar-refractivity contribution in [3.8, 4) is 0 Å². The van der Waals surface area contributed by atoms with Crippen LogP contribution >= 0.6 is 24.0 Å². The maximum Gasteiger partial charge on any atom is 0.308 e. The maximum atomic E-state index is 12.7. The molecule has 0 unspecified atom stereocenters. The number of benzene rings is 1. The summed E-state index contributed by atoms with van der Waals surface area (Å²) >= 11 is 0. The van der Waals surface area contributed by atoms with Crippen molar-refractivity contribution >= 4 is 41.8 Å². The molecule has 0 aliphatic carbocycles. The lowest BCUT2D eigenvalue weighted by atomic mass is 9.97. The highest BCUT2D eigenvalue weighted by Gasteiger charge is 2.27. The fraction of sp³-hybridized carbons (Fsp3) is 0.571. The molecule has 0 atom stereocenters. The molecule has 0 bridgehead atoms. The van der Waals surface area contributed by atoms with Gasteiger partial charge in [-0.1, -0.05) is 24.3 Å². The Bertz CT molecular complexity index is 732. The topological polar surface area (TPSA) is 74.2 Å². The van der Waals surface area contributed by atoms with Gasteiger partial charge in [0.25, 0.3) is 0 Å². The minimum Gasteiger partial charge on any atom is -0.469 e. The number of hydrogen-bond donors (Lipinski definition) is 1. The number of carbonyl (C=O) groups excluding carboxylic acids is 2. The molecule has 2 aliphatic rings. The van der Waals surface area contributed by atoms with Crippen molar-refractivity contribution in [2.45, 2.75) is 32.7 Å². The second-order valence-corrected chi connectivity index (χ2v) is 7.29. The summed E-state index contributed by atoms with van der Waals surface area (Å²) in [5, 5.41) is 3.27. The Balaban J connectivity index is 0.00000300. The van der Waals surface area contributed by atoms with Gasteiger partial charge in [0.15, 0.2) is 5.96 Å². The van der Waals surface area contributed by atoms with Crippen LogP contribution in [0.4, 0.5) is 0 Å². The zero-order valence-electron chi connectivity index (χ0n) is 17.2. The number of methoxy groups -OCH3 is 1. The Kier molecular flexibility index (Phi) is 9.19. The highest BCUT2D eigenvalue weighted by atomic mass is 127. The van der Waals surface area contributed by atoms with E-state index < -0.39 is 0 Å². The van der Waals surface area contributed by atoms with E-state index in [1.807, 2.05) is 24.0 Å². The van der Waals surface area contributed by atoms with Crippen LogP contribution in [0.15, 0.2) is 29.3 Å². The standard InChI is InChI=1S/C21H30N4O3.HI/c1-3-22-21(24-11-9-17(10-12-24)20(27)28-2)23-14-19(26)25-13-8-16-6-4-5-7-18(16)15-25;/h4-7,17H,3,8-15H2,1-2H3,(H,22,23);1H. The summed E-state index contributed by atoms with van der Waals surface area (Å²) in [5.74, 6) is 0.618. The van der Waals surface area contributed by atoms with Crippen LogP contribution in [0.3, 0.4) is 0 Å². The van der Waals surface area contributed by atoms with Crippen molar-refractivity contribution in [1.82, 2.24) is 15.1 Å². The molecule has 1 aromatic rings. The molecule has 1 aromatic carbocycles. The van der Waals surface area contributed by atoms with Crippen LogP contribution in [0.25, 0.3) is 0 Å². The first-order chi connectivity index (χ1) is 13.6. The van der Waals surface area contributed by atoms with E-state index in [4.69, 9.17) is 4.74 Å². The molecular formula is C21H31IN4O3. The zero-order chi connectivity index (χ0) is 19.9. The molecule has 1 N–H and O–H groups in total. The lowest BCUT2D eigenvalue weighted by Gasteiger charge is -2.33. The van der Waals surface area contributed by atoms with Gasteiger partial charge in [-0.3, -0.25) is 9.59 Å². The fourth-order valence-electron chi connectivity index (χ4n) is 3.87. The second-order valence-electron chi connectivity index (χ2n) is 7.29. The van der Waals surface area contributed by atoms with Crippen molar-refractivity contribution in [3.05, 3.63) is 35.4 Å². The molecule has 0 saturated carbocycles. The molecule has 0 aromatic heterocycles. The van der Waals surface area contributed by atoms with Gasteiger partial charge in [0.05, 0.1) is 13.0 Å².